The monoisotopic (exact) mass is 396 g/mol. The summed E-state index contributed by atoms with van der Waals surface area (Å²) in [5.74, 6) is 0.959. The van der Waals surface area contributed by atoms with Gasteiger partial charge in [-0.1, -0.05) is 23.7 Å². The zero-order valence-electron chi connectivity index (χ0n) is 15.8. The predicted molar refractivity (Wildman–Crippen MR) is 107 cm³/mol. The molecule has 1 aromatic carbocycles. The number of carbonyl (C=O) groups is 1. The zero-order chi connectivity index (χ0) is 19.6. The average Bonchev–Trinajstić information content (AvgIpc) is 3.32. The lowest BCUT2D eigenvalue weighted by Crippen LogP contribution is -2.42. The summed E-state index contributed by atoms with van der Waals surface area (Å²) < 4.78 is 1.94. The fraction of sp³-hybridized carbons (Fsp3) is 0.350. The van der Waals surface area contributed by atoms with Gasteiger partial charge in [0.15, 0.2) is 5.65 Å². The molecule has 2 aliphatic rings. The van der Waals surface area contributed by atoms with E-state index in [9.17, 15) is 4.79 Å². The Morgan fingerprint density at radius 2 is 1.86 bits per heavy atom. The number of carbonyl (C=O) groups excluding carboxylic acids is 1. The number of hydrazine groups is 1. The van der Waals surface area contributed by atoms with E-state index < -0.39 is 0 Å². The van der Waals surface area contributed by atoms with Crippen molar-refractivity contribution < 1.29 is 4.79 Å². The molecule has 28 heavy (non-hydrogen) atoms. The first-order chi connectivity index (χ1) is 13.5. The van der Waals surface area contributed by atoms with Gasteiger partial charge in [-0.05, 0) is 50.1 Å². The van der Waals surface area contributed by atoms with Crippen LogP contribution in [0.5, 0.6) is 0 Å². The van der Waals surface area contributed by atoms with Crippen LogP contribution in [0.4, 0.5) is 5.69 Å². The zero-order valence-corrected chi connectivity index (χ0v) is 16.6. The first-order valence-electron chi connectivity index (χ1n) is 9.37. The van der Waals surface area contributed by atoms with Crippen LogP contribution in [0, 0.1) is 19.8 Å². The quantitative estimate of drug-likeness (QED) is 0.696. The lowest BCUT2D eigenvalue weighted by molar-refractivity contribution is -0.119. The molecular weight excluding hydrogens is 376 g/mol. The number of nitrogens with one attached hydrogen (secondary N) is 2. The largest absolute Gasteiger partial charge is 0.302 e. The lowest BCUT2D eigenvalue weighted by Gasteiger charge is -2.30. The van der Waals surface area contributed by atoms with Gasteiger partial charge in [0.2, 0.25) is 5.91 Å². The minimum absolute atomic E-state index is 0.0614. The van der Waals surface area contributed by atoms with E-state index in [2.05, 4.69) is 28.0 Å². The van der Waals surface area contributed by atoms with Crippen LogP contribution in [0.2, 0.25) is 5.02 Å². The Morgan fingerprint density at radius 3 is 2.61 bits per heavy atom. The molecule has 0 saturated carbocycles. The van der Waals surface area contributed by atoms with Crippen LogP contribution in [0.1, 0.15) is 29.9 Å². The second-order valence-electron chi connectivity index (χ2n) is 7.66. The minimum Gasteiger partial charge on any atom is -0.302 e. The fourth-order valence-corrected chi connectivity index (χ4v) is 4.67. The summed E-state index contributed by atoms with van der Waals surface area (Å²) in [4.78, 5) is 15.3. The number of benzene rings is 1. The van der Waals surface area contributed by atoms with E-state index in [-0.39, 0.29) is 30.0 Å². The number of fused-ring (bicyclic) bond motifs is 2. The molecular formula is C20H21ClN6O. The summed E-state index contributed by atoms with van der Waals surface area (Å²) in [7, 11) is 0. The van der Waals surface area contributed by atoms with E-state index in [0.717, 1.165) is 28.3 Å². The highest BCUT2D eigenvalue weighted by molar-refractivity contribution is 6.30. The van der Waals surface area contributed by atoms with Crippen molar-refractivity contribution in [2.75, 3.05) is 4.90 Å². The highest BCUT2D eigenvalue weighted by atomic mass is 35.5. The number of amides is 1. The molecule has 0 spiro atoms. The van der Waals surface area contributed by atoms with Crippen molar-refractivity contribution in [2.24, 2.45) is 5.92 Å². The summed E-state index contributed by atoms with van der Waals surface area (Å²) in [5, 5.41) is 9.09. The second kappa shape index (κ2) is 6.27. The van der Waals surface area contributed by atoms with E-state index in [0.29, 0.717) is 5.02 Å². The molecule has 0 aliphatic carbocycles. The molecule has 2 saturated heterocycles. The minimum atomic E-state index is -0.270. The Kier molecular flexibility index (Phi) is 3.94. The predicted octanol–water partition coefficient (Wildman–Crippen LogP) is 2.57. The highest BCUT2D eigenvalue weighted by Crippen LogP contribution is 2.45. The molecule has 4 heterocycles. The first kappa shape index (κ1) is 17.6. The van der Waals surface area contributed by atoms with Crippen LogP contribution in [-0.2, 0) is 4.79 Å². The third-order valence-electron chi connectivity index (χ3n) is 5.91. The maximum atomic E-state index is 13.4. The van der Waals surface area contributed by atoms with E-state index >= 15 is 0 Å². The van der Waals surface area contributed by atoms with Gasteiger partial charge in [-0.2, -0.15) is 0 Å². The van der Waals surface area contributed by atoms with Gasteiger partial charge >= 0.3 is 0 Å². The summed E-state index contributed by atoms with van der Waals surface area (Å²) >= 11 is 6.11. The number of nitrogens with zero attached hydrogens (tertiary/aromatic N) is 4. The lowest BCUT2D eigenvalue weighted by atomic mass is 9.87. The van der Waals surface area contributed by atoms with Gasteiger partial charge in [-0.3, -0.25) is 14.6 Å². The van der Waals surface area contributed by atoms with Gasteiger partial charge in [0, 0.05) is 23.2 Å². The number of halogens is 1. The molecule has 7 nitrogen and oxygen atoms in total. The fourth-order valence-electron chi connectivity index (χ4n) is 4.54. The molecule has 4 atom stereocenters. The standard InChI is InChI=1S/C20H21ClN6O/c1-10-8-15(9-26-12(3)23-25-19(10)26)27-18(13-4-6-14(21)7-5-13)16-11(2)22-24-17(16)20(27)28/h4-9,11,16-18,22,24H,1-3H3/t11?,16?,17?,18-/m1/s1. The molecule has 8 heteroatoms. The normalized spacial score (nSPS) is 27.0. The Morgan fingerprint density at radius 1 is 1.11 bits per heavy atom. The number of aryl methyl sites for hydroxylation is 2. The summed E-state index contributed by atoms with van der Waals surface area (Å²) in [6, 6.07) is 9.59. The maximum Gasteiger partial charge on any atom is 0.246 e. The van der Waals surface area contributed by atoms with E-state index in [1.807, 2.05) is 59.7 Å². The van der Waals surface area contributed by atoms with E-state index in [1.54, 1.807) is 0 Å². The molecule has 144 valence electrons. The van der Waals surface area contributed by atoms with Gasteiger partial charge in [0.05, 0.1) is 11.7 Å². The van der Waals surface area contributed by atoms with Crippen LogP contribution in [-0.4, -0.2) is 32.6 Å². The number of pyridine rings is 1. The third kappa shape index (κ3) is 2.47. The first-order valence-corrected chi connectivity index (χ1v) is 9.75. The average molecular weight is 397 g/mol. The Labute approximate surface area is 167 Å². The van der Waals surface area contributed by atoms with Crippen molar-refractivity contribution >= 4 is 28.8 Å². The van der Waals surface area contributed by atoms with E-state index in [1.165, 1.54) is 0 Å². The molecule has 0 bridgehead atoms. The number of rotatable bonds is 2. The number of anilines is 1. The number of aromatic nitrogens is 3. The Balaban J connectivity index is 1.69. The highest BCUT2D eigenvalue weighted by Gasteiger charge is 2.54. The summed E-state index contributed by atoms with van der Waals surface area (Å²) in [5.41, 5.74) is 10.1. The Hall–Kier alpha value is -2.48. The van der Waals surface area contributed by atoms with Crippen molar-refractivity contribution in [3.8, 4) is 0 Å². The van der Waals surface area contributed by atoms with Crippen LogP contribution in [0.15, 0.2) is 36.5 Å². The molecule has 2 fully saturated rings. The number of hydrogen-bond donors (Lipinski definition) is 2. The van der Waals surface area contributed by atoms with Crippen molar-refractivity contribution in [1.82, 2.24) is 25.4 Å². The molecule has 1 amide bonds. The SMILES string of the molecule is Cc1cc(N2C(=O)C3NNC(C)C3[C@H]2c2ccc(Cl)cc2)cn2c(C)nnc12. The molecule has 2 aliphatic heterocycles. The van der Waals surface area contributed by atoms with Crippen LogP contribution >= 0.6 is 11.6 Å². The molecule has 2 N–H and O–H groups in total. The topological polar surface area (TPSA) is 74.6 Å². The molecule has 2 aromatic heterocycles. The van der Waals surface area contributed by atoms with Gasteiger partial charge < -0.3 is 4.90 Å². The van der Waals surface area contributed by atoms with Crippen molar-refractivity contribution in [3.63, 3.8) is 0 Å². The number of hydrogen-bond acceptors (Lipinski definition) is 5. The third-order valence-corrected chi connectivity index (χ3v) is 6.16. The van der Waals surface area contributed by atoms with Gasteiger partial charge in [0.1, 0.15) is 11.9 Å². The summed E-state index contributed by atoms with van der Waals surface area (Å²) in [6.07, 6.45) is 1.96. The molecule has 5 rings (SSSR count). The molecule has 3 unspecified atom stereocenters. The summed E-state index contributed by atoms with van der Waals surface area (Å²) in [6.45, 7) is 6.01. The second-order valence-corrected chi connectivity index (χ2v) is 8.10. The van der Waals surface area contributed by atoms with E-state index in [4.69, 9.17) is 11.6 Å². The van der Waals surface area contributed by atoms with Gasteiger partial charge in [-0.25, -0.2) is 5.43 Å². The van der Waals surface area contributed by atoms with Gasteiger partial charge in [0.25, 0.3) is 0 Å². The van der Waals surface area contributed by atoms with Crippen molar-refractivity contribution in [2.45, 2.75) is 38.9 Å². The maximum absolute atomic E-state index is 13.4. The van der Waals surface area contributed by atoms with Crippen molar-refractivity contribution in [1.29, 1.82) is 0 Å². The Bertz CT molecular complexity index is 1080. The van der Waals surface area contributed by atoms with Crippen LogP contribution in [0.25, 0.3) is 5.65 Å². The molecule has 3 aromatic rings. The van der Waals surface area contributed by atoms with Crippen molar-refractivity contribution in [3.05, 3.63) is 58.5 Å². The smallest absolute Gasteiger partial charge is 0.246 e. The van der Waals surface area contributed by atoms with Crippen LogP contribution in [0.3, 0.4) is 0 Å². The van der Waals surface area contributed by atoms with Gasteiger partial charge in [-0.15, -0.1) is 10.2 Å². The van der Waals surface area contributed by atoms with Crippen LogP contribution < -0.4 is 15.8 Å². The molecule has 0 radical (unpaired) electrons.